The Morgan fingerprint density at radius 3 is 1.85 bits per heavy atom. The van der Waals surface area contributed by atoms with Gasteiger partial charge in [-0.15, -0.1) is 6.58 Å². The second kappa shape index (κ2) is 8.68. The quantitative estimate of drug-likeness (QED) is 0.415. The maximum atomic E-state index is 13.6. The monoisotopic (exact) mass is 381 g/mol. The van der Waals surface area contributed by atoms with Crippen LogP contribution in [-0.4, -0.2) is 20.3 Å². The lowest BCUT2D eigenvalue weighted by Crippen LogP contribution is -2.48. The normalized spacial score (nSPS) is 13.1. The summed E-state index contributed by atoms with van der Waals surface area (Å²) in [4.78, 5) is 15.4. The van der Waals surface area contributed by atoms with Crippen molar-refractivity contribution in [3.05, 3.63) is 73.3 Å². The standard InChI is InChI=1S/C23H31NO2Si/c1-7-14-21(26-27(5,6)23(2,3)4)22(25)24(19-15-10-8-11-16-19)20-17-12-9-13-18-20/h7-13,15-18,21H,1,14H2,2-6H3. The van der Waals surface area contributed by atoms with Crippen molar-refractivity contribution in [2.75, 3.05) is 4.90 Å². The summed E-state index contributed by atoms with van der Waals surface area (Å²) in [5.41, 5.74) is 1.67. The molecule has 0 aliphatic heterocycles. The molecule has 3 nitrogen and oxygen atoms in total. The van der Waals surface area contributed by atoms with Gasteiger partial charge in [-0.3, -0.25) is 9.69 Å². The summed E-state index contributed by atoms with van der Waals surface area (Å²) in [6.45, 7) is 14.7. The second-order valence-electron chi connectivity index (χ2n) is 8.24. The molecule has 2 aromatic rings. The lowest BCUT2D eigenvalue weighted by molar-refractivity contribution is -0.124. The first-order valence-electron chi connectivity index (χ1n) is 9.40. The van der Waals surface area contributed by atoms with Crippen LogP contribution in [0.1, 0.15) is 27.2 Å². The zero-order valence-corrected chi connectivity index (χ0v) is 18.1. The number of carbonyl (C=O) groups excluding carboxylic acids is 1. The predicted octanol–water partition coefficient (Wildman–Crippen LogP) is 6.32. The largest absolute Gasteiger partial charge is 0.405 e. The molecule has 0 heterocycles. The third-order valence-electron chi connectivity index (χ3n) is 5.15. The van der Waals surface area contributed by atoms with Crippen molar-refractivity contribution in [3.8, 4) is 0 Å². The molecule has 0 fully saturated rings. The highest BCUT2D eigenvalue weighted by Gasteiger charge is 2.41. The van der Waals surface area contributed by atoms with Gasteiger partial charge in [-0.25, -0.2) is 0 Å². The fourth-order valence-electron chi connectivity index (χ4n) is 2.58. The molecule has 0 spiro atoms. The van der Waals surface area contributed by atoms with Gasteiger partial charge in [-0.2, -0.15) is 0 Å². The first kappa shape index (κ1) is 21.1. The molecule has 0 radical (unpaired) electrons. The van der Waals surface area contributed by atoms with Gasteiger partial charge in [0.05, 0.1) is 0 Å². The zero-order chi connectivity index (χ0) is 20.1. The van der Waals surface area contributed by atoms with Crippen LogP contribution < -0.4 is 4.90 Å². The Morgan fingerprint density at radius 1 is 1.04 bits per heavy atom. The Labute approximate surface area is 164 Å². The third-order valence-corrected chi connectivity index (χ3v) is 9.63. The number of anilines is 2. The Hall–Kier alpha value is -2.17. The smallest absolute Gasteiger partial charge is 0.259 e. The number of benzene rings is 2. The van der Waals surface area contributed by atoms with Crippen LogP contribution in [0.15, 0.2) is 73.3 Å². The molecule has 1 unspecified atom stereocenters. The number of rotatable bonds is 7. The molecule has 0 bridgehead atoms. The molecule has 144 valence electrons. The van der Waals surface area contributed by atoms with Gasteiger partial charge in [-0.1, -0.05) is 63.2 Å². The van der Waals surface area contributed by atoms with Gasteiger partial charge in [0, 0.05) is 11.4 Å². The van der Waals surface area contributed by atoms with Crippen LogP contribution >= 0.6 is 0 Å². The topological polar surface area (TPSA) is 29.5 Å². The van der Waals surface area contributed by atoms with Gasteiger partial charge >= 0.3 is 0 Å². The first-order valence-corrected chi connectivity index (χ1v) is 12.3. The SMILES string of the molecule is C=CCC(O[Si](C)(C)C(C)(C)C)C(=O)N(c1ccccc1)c1ccccc1. The second-order valence-corrected chi connectivity index (χ2v) is 13.0. The summed E-state index contributed by atoms with van der Waals surface area (Å²) in [7, 11) is -2.11. The van der Waals surface area contributed by atoms with Gasteiger partial charge in [0.15, 0.2) is 8.32 Å². The summed E-state index contributed by atoms with van der Waals surface area (Å²) in [5, 5.41) is 0.0248. The number of para-hydroxylation sites is 2. The van der Waals surface area contributed by atoms with Gasteiger partial charge in [0.25, 0.3) is 5.91 Å². The highest BCUT2D eigenvalue weighted by atomic mass is 28.4. The molecule has 0 aliphatic rings. The fourth-order valence-corrected chi connectivity index (χ4v) is 3.85. The van der Waals surface area contributed by atoms with Crippen molar-refractivity contribution in [1.82, 2.24) is 0 Å². The van der Waals surface area contributed by atoms with Crippen LogP contribution in [0.5, 0.6) is 0 Å². The molecular formula is C23H31NO2Si. The van der Waals surface area contributed by atoms with Crippen molar-refractivity contribution in [2.24, 2.45) is 0 Å². The van der Waals surface area contributed by atoms with E-state index in [9.17, 15) is 4.79 Å². The van der Waals surface area contributed by atoms with Crippen LogP contribution in [0.3, 0.4) is 0 Å². The Balaban J connectivity index is 2.43. The van der Waals surface area contributed by atoms with Gasteiger partial charge < -0.3 is 4.43 Å². The van der Waals surface area contributed by atoms with E-state index in [0.717, 1.165) is 11.4 Å². The van der Waals surface area contributed by atoms with E-state index in [1.165, 1.54) is 0 Å². The number of hydrogen-bond acceptors (Lipinski definition) is 2. The molecule has 0 saturated carbocycles. The van der Waals surface area contributed by atoms with Crippen molar-refractivity contribution in [2.45, 2.75) is 51.4 Å². The highest BCUT2D eigenvalue weighted by molar-refractivity contribution is 6.74. The summed E-state index contributed by atoms with van der Waals surface area (Å²) in [5.74, 6) is -0.0582. The lowest BCUT2D eigenvalue weighted by atomic mass is 10.1. The van der Waals surface area contributed by atoms with Crippen molar-refractivity contribution >= 4 is 25.6 Å². The average Bonchev–Trinajstić information content (AvgIpc) is 2.62. The number of nitrogens with zero attached hydrogens (tertiary/aromatic N) is 1. The van der Waals surface area contributed by atoms with E-state index in [4.69, 9.17) is 4.43 Å². The maximum Gasteiger partial charge on any atom is 0.259 e. The minimum Gasteiger partial charge on any atom is -0.405 e. The Kier molecular flexibility index (Phi) is 6.79. The van der Waals surface area contributed by atoms with Gasteiger partial charge in [0.1, 0.15) is 6.10 Å². The van der Waals surface area contributed by atoms with E-state index >= 15 is 0 Å². The molecule has 1 atom stereocenters. The lowest BCUT2D eigenvalue weighted by Gasteiger charge is -2.39. The van der Waals surface area contributed by atoms with Gasteiger partial charge in [-0.05, 0) is 48.8 Å². The van der Waals surface area contributed by atoms with E-state index in [1.807, 2.05) is 60.7 Å². The minimum absolute atomic E-state index is 0.0248. The van der Waals surface area contributed by atoms with Crippen LogP contribution in [0.4, 0.5) is 11.4 Å². The summed E-state index contributed by atoms with van der Waals surface area (Å²) < 4.78 is 6.50. The van der Waals surface area contributed by atoms with Crippen LogP contribution in [0.25, 0.3) is 0 Å². The van der Waals surface area contributed by atoms with Crippen LogP contribution in [0, 0.1) is 0 Å². The third kappa shape index (κ3) is 5.18. The summed E-state index contributed by atoms with van der Waals surface area (Å²) in [6, 6.07) is 19.4. The van der Waals surface area contributed by atoms with Crippen LogP contribution in [0.2, 0.25) is 18.1 Å². The van der Waals surface area contributed by atoms with E-state index in [2.05, 4.69) is 40.4 Å². The summed E-state index contributed by atoms with van der Waals surface area (Å²) >= 11 is 0. The molecule has 0 aliphatic carbocycles. The molecule has 0 N–H and O–H groups in total. The molecule has 0 aromatic heterocycles. The Morgan fingerprint density at radius 2 is 1.48 bits per heavy atom. The number of carbonyl (C=O) groups is 1. The minimum atomic E-state index is -2.11. The van der Waals surface area contributed by atoms with E-state index in [0.29, 0.717) is 6.42 Å². The van der Waals surface area contributed by atoms with Crippen molar-refractivity contribution in [1.29, 1.82) is 0 Å². The van der Waals surface area contributed by atoms with E-state index in [1.54, 1.807) is 11.0 Å². The maximum absolute atomic E-state index is 13.6. The Bertz CT molecular complexity index is 711. The zero-order valence-electron chi connectivity index (χ0n) is 17.1. The molecule has 0 saturated heterocycles. The van der Waals surface area contributed by atoms with Gasteiger partial charge in [0.2, 0.25) is 0 Å². The van der Waals surface area contributed by atoms with E-state index in [-0.39, 0.29) is 10.9 Å². The van der Waals surface area contributed by atoms with Crippen molar-refractivity contribution in [3.63, 3.8) is 0 Å². The predicted molar refractivity (Wildman–Crippen MR) is 117 cm³/mol. The summed E-state index contributed by atoms with van der Waals surface area (Å²) in [6.07, 6.45) is 1.70. The molecule has 1 amide bonds. The molecule has 2 rings (SSSR count). The molecule has 2 aromatic carbocycles. The first-order chi connectivity index (χ1) is 12.7. The highest BCUT2D eigenvalue weighted by Crippen LogP contribution is 2.38. The number of hydrogen-bond donors (Lipinski definition) is 0. The number of amides is 1. The van der Waals surface area contributed by atoms with E-state index < -0.39 is 14.4 Å². The van der Waals surface area contributed by atoms with Crippen LogP contribution in [-0.2, 0) is 9.22 Å². The molecule has 4 heteroatoms. The van der Waals surface area contributed by atoms with Crippen molar-refractivity contribution < 1.29 is 9.22 Å². The average molecular weight is 382 g/mol. The fraction of sp³-hybridized carbons (Fsp3) is 0.348. The molecular weight excluding hydrogens is 350 g/mol. The molecule has 27 heavy (non-hydrogen) atoms.